The van der Waals surface area contributed by atoms with Gasteiger partial charge in [0.1, 0.15) is 5.82 Å². The maximum atomic E-state index is 14.0. The van der Waals surface area contributed by atoms with Gasteiger partial charge in [-0.1, -0.05) is 48.5 Å². The monoisotopic (exact) mass is 364 g/mol. The molecule has 0 radical (unpaired) electrons. The first-order valence-corrected chi connectivity index (χ1v) is 9.21. The molecule has 0 spiro atoms. The minimum atomic E-state index is -0.438. The van der Waals surface area contributed by atoms with Crippen LogP contribution >= 0.6 is 0 Å². The van der Waals surface area contributed by atoms with Crippen LogP contribution in [0.2, 0.25) is 0 Å². The third-order valence-electron chi connectivity index (χ3n) is 5.28. The van der Waals surface area contributed by atoms with Gasteiger partial charge in [-0.3, -0.25) is 9.59 Å². The third kappa shape index (κ3) is 3.50. The van der Waals surface area contributed by atoms with E-state index in [1.807, 2.05) is 18.2 Å². The molecule has 4 rings (SSSR count). The van der Waals surface area contributed by atoms with E-state index in [9.17, 15) is 14.0 Å². The number of benzene rings is 2. The summed E-state index contributed by atoms with van der Waals surface area (Å²) in [4.78, 5) is 28.4. The molecule has 2 aliphatic rings. The molecule has 4 nitrogen and oxygen atoms in total. The molecule has 1 saturated heterocycles. The van der Waals surface area contributed by atoms with E-state index < -0.39 is 11.7 Å². The van der Waals surface area contributed by atoms with E-state index in [1.165, 1.54) is 22.1 Å². The molecule has 27 heavy (non-hydrogen) atoms. The number of carbonyl (C=O) groups excluding carboxylic acids is 2. The standard InChI is InChI=1S/C22H21FN2O2/c23-19-8-4-5-9-20(19)25-15-18(14-21(25)26)22(27)24-12-10-17(11-13-24)16-6-2-1-3-7-16/h1-10,18H,11-15H2/t18-/m1/s1. The average Bonchev–Trinajstić information content (AvgIpc) is 3.10. The number of rotatable bonds is 3. The van der Waals surface area contributed by atoms with Crippen LogP contribution in [0, 0.1) is 11.7 Å². The van der Waals surface area contributed by atoms with Gasteiger partial charge in [0.05, 0.1) is 11.6 Å². The largest absolute Gasteiger partial charge is 0.338 e. The second kappa shape index (κ2) is 7.35. The summed E-state index contributed by atoms with van der Waals surface area (Å²) in [5, 5.41) is 0. The zero-order valence-electron chi connectivity index (χ0n) is 15.0. The van der Waals surface area contributed by atoms with Crippen molar-refractivity contribution < 1.29 is 14.0 Å². The summed E-state index contributed by atoms with van der Waals surface area (Å²) in [6.07, 6.45) is 3.02. The second-order valence-corrected chi connectivity index (χ2v) is 6.99. The molecule has 0 saturated carbocycles. The van der Waals surface area contributed by atoms with Crippen molar-refractivity contribution in [2.75, 3.05) is 24.5 Å². The molecule has 0 unspecified atom stereocenters. The predicted molar refractivity (Wildman–Crippen MR) is 102 cm³/mol. The summed E-state index contributed by atoms with van der Waals surface area (Å²) in [7, 11) is 0. The van der Waals surface area contributed by atoms with Crippen molar-refractivity contribution in [1.82, 2.24) is 4.90 Å². The minimum absolute atomic E-state index is 0.0226. The molecule has 1 atom stereocenters. The smallest absolute Gasteiger partial charge is 0.228 e. The lowest BCUT2D eigenvalue weighted by Gasteiger charge is -2.29. The zero-order chi connectivity index (χ0) is 18.8. The van der Waals surface area contributed by atoms with E-state index in [-0.39, 0.29) is 30.5 Å². The van der Waals surface area contributed by atoms with Gasteiger partial charge in [-0.25, -0.2) is 4.39 Å². The summed E-state index contributed by atoms with van der Waals surface area (Å²) < 4.78 is 14.0. The van der Waals surface area contributed by atoms with Crippen molar-refractivity contribution in [1.29, 1.82) is 0 Å². The topological polar surface area (TPSA) is 40.6 Å². The number of carbonyl (C=O) groups is 2. The maximum absolute atomic E-state index is 14.0. The molecule has 2 aromatic rings. The fourth-order valence-electron chi connectivity index (χ4n) is 3.82. The van der Waals surface area contributed by atoms with Gasteiger partial charge in [-0.2, -0.15) is 0 Å². The number of anilines is 1. The number of halogens is 1. The Bertz CT molecular complexity index is 894. The lowest BCUT2D eigenvalue weighted by molar-refractivity contribution is -0.135. The average molecular weight is 364 g/mol. The summed E-state index contributed by atoms with van der Waals surface area (Å²) in [6, 6.07) is 16.4. The Labute approximate surface area is 157 Å². The maximum Gasteiger partial charge on any atom is 0.228 e. The van der Waals surface area contributed by atoms with Crippen molar-refractivity contribution >= 4 is 23.1 Å². The second-order valence-electron chi connectivity index (χ2n) is 6.99. The molecule has 0 bridgehead atoms. The number of amides is 2. The van der Waals surface area contributed by atoms with Crippen molar-refractivity contribution in [3.63, 3.8) is 0 Å². The molecule has 5 heteroatoms. The summed E-state index contributed by atoms with van der Waals surface area (Å²) >= 11 is 0. The first-order chi connectivity index (χ1) is 13.1. The highest BCUT2D eigenvalue weighted by atomic mass is 19.1. The summed E-state index contributed by atoms with van der Waals surface area (Å²) in [5.41, 5.74) is 2.68. The molecule has 2 aliphatic heterocycles. The molecule has 138 valence electrons. The van der Waals surface area contributed by atoms with Crippen LogP contribution < -0.4 is 4.90 Å². The van der Waals surface area contributed by atoms with Crippen LogP contribution in [0.1, 0.15) is 18.4 Å². The fourth-order valence-corrected chi connectivity index (χ4v) is 3.82. The first-order valence-electron chi connectivity index (χ1n) is 9.21. The summed E-state index contributed by atoms with van der Waals surface area (Å²) in [6.45, 7) is 1.43. The van der Waals surface area contributed by atoms with E-state index in [2.05, 4.69) is 18.2 Å². The molecule has 0 aliphatic carbocycles. The van der Waals surface area contributed by atoms with Crippen LogP contribution in [0.5, 0.6) is 0 Å². The predicted octanol–water partition coefficient (Wildman–Crippen LogP) is 3.49. The highest BCUT2D eigenvalue weighted by molar-refractivity contribution is 6.00. The van der Waals surface area contributed by atoms with Crippen LogP contribution in [-0.4, -0.2) is 36.3 Å². The molecule has 0 aromatic heterocycles. The molecule has 1 fully saturated rings. The van der Waals surface area contributed by atoms with Gasteiger partial charge in [0.25, 0.3) is 0 Å². The van der Waals surface area contributed by atoms with Crippen LogP contribution in [-0.2, 0) is 9.59 Å². The Hall–Kier alpha value is -2.95. The van der Waals surface area contributed by atoms with Gasteiger partial charge in [0.15, 0.2) is 0 Å². The lowest BCUT2D eigenvalue weighted by atomic mass is 9.98. The Morgan fingerprint density at radius 1 is 1.04 bits per heavy atom. The molecule has 0 N–H and O–H groups in total. The van der Waals surface area contributed by atoms with Crippen molar-refractivity contribution in [2.24, 2.45) is 5.92 Å². The first kappa shape index (κ1) is 17.5. The minimum Gasteiger partial charge on any atom is -0.338 e. The van der Waals surface area contributed by atoms with Gasteiger partial charge in [-0.15, -0.1) is 0 Å². The molecule has 2 aromatic carbocycles. The van der Waals surface area contributed by atoms with Crippen molar-refractivity contribution in [2.45, 2.75) is 12.8 Å². The van der Waals surface area contributed by atoms with Crippen LogP contribution in [0.15, 0.2) is 60.7 Å². The van der Waals surface area contributed by atoms with Gasteiger partial charge < -0.3 is 9.80 Å². The number of hydrogen-bond acceptors (Lipinski definition) is 2. The van der Waals surface area contributed by atoms with Gasteiger partial charge in [0, 0.05) is 26.1 Å². The lowest BCUT2D eigenvalue weighted by Crippen LogP contribution is -2.40. The fraction of sp³-hybridized carbons (Fsp3) is 0.273. The van der Waals surface area contributed by atoms with E-state index >= 15 is 0 Å². The summed E-state index contributed by atoms with van der Waals surface area (Å²) in [5.74, 6) is -1.07. The Kier molecular flexibility index (Phi) is 4.75. The molecular formula is C22H21FN2O2. The van der Waals surface area contributed by atoms with Gasteiger partial charge >= 0.3 is 0 Å². The molecule has 2 heterocycles. The number of hydrogen-bond donors (Lipinski definition) is 0. The van der Waals surface area contributed by atoms with Gasteiger partial charge in [-0.05, 0) is 29.7 Å². The Morgan fingerprint density at radius 3 is 2.48 bits per heavy atom. The molecule has 2 amide bonds. The Morgan fingerprint density at radius 2 is 1.78 bits per heavy atom. The van der Waals surface area contributed by atoms with E-state index in [0.717, 1.165) is 6.42 Å². The van der Waals surface area contributed by atoms with Crippen LogP contribution in [0.3, 0.4) is 0 Å². The Balaban J connectivity index is 1.43. The van der Waals surface area contributed by atoms with Crippen LogP contribution in [0.25, 0.3) is 5.57 Å². The quantitative estimate of drug-likeness (QED) is 0.836. The SMILES string of the molecule is O=C([C@@H]1CC(=O)N(c2ccccc2F)C1)N1CC=C(c2ccccc2)CC1. The number of para-hydroxylation sites is 1. The van der Waals surface area contributed by atoms with Crippen LogP contribution in [0.4, 0.5) is 10.1 Å². The van der Waals surface area contributed by atoms with E-state index in [1.54, 1.807) is 23.1 Å². The highest BCUT2D eigenvalue weighted by Gasteiger charge is 2.38. The zero-order valence-corrected chi connectivity index (χ0v) is 15.0. The molecular weight excluding hydrogens is 343 g/mol. The van der Waals surface area contributed by atoms with Gasteiger partial charge in [0.2, 0.25) is 11.8 Å². The van der Waals surface area contributed by atoms with Crippen molar-refractivity contribution in [3.05, 3.63) is 72.1 Å². The normalized spacial score (nSPS) is 20.0. The van der Waals surface area contributed by atoms with Crippen molar-refractivity contribution in [3.8, 4) is 0 Å². The van der Waals surface area contributed by atoms with E-state index in [0.29, 0.717) is 13.1 Å². The third-order valence-corrected chi connectivity index (χ3v) is 5.28. The van der Waals surface area contributed by atoms with E-state index in [4.69, 9.17) is 0 Å². The number of nitrogens with zero attached hydrogens (tertiary/aromatic N) is 2. The highest BCUT2D eigenvalue weighted by Crippen LogP contribution is 2.29.